The van der Waals surface area contributed by atoms with E-state index in [1.165, 1.54) is 0 Å². The highest BCUT2D eigenvalue weighted by molar-refractivity contribution is 14.0. The number of aliphatic imine (C=N–C) groups is 1. The van der Waals surface area contributed by atoms with E-state index >= 15 is 0 Å². The van der Waals surface area contributed by atoms with E-state index in [-0.39, 0.29) is 30.1 Å². The fourth-order valence-corrected chi connectivity index (χ4v) is 1.71. The number of nitrogens with zero attached hydrogens (tertiary/aromatic N) is 1. The van der Waals surface area contributed by atoms with E-state index in [1.54, 1.807) is 0 Å². The van der Waals surface area contributed by atoms with Gasteiger partial charge in [0, 0.05) is 25.6 Å². The summed E-state index contributed by atoms with van der Waals surface area (Å²) in [5.74, 6) is 1.53. The van der Waals surface area contributed by atoms with Crippen molar-refractivity contribution < 1.29 is 4.74 Å². The number of hydrogen-bond acceptors (Lipinski definition) is 2. The summed E-state index contributed by atoms with van der Waals surface area (Å²) in [6.45, 7) is 10.4. The molecule has 5 heteroatoms. The van der Waals surface area contributed by atoms with Crippen LogP contribution in [-0.2, 0) is 4.74 Å². The van der Waals surface area contributed by atoms with Gasteiger partial charge in [-0.05, 0) is 12.3 Å². The van der Waals surface area contributed by atoms with Crippen molar-refractivity contribution in [3.8, 4) is 0 Å². The monoisotopic (exact) mass is 353 g/mol. The molecule has 3 N–H and O–H groups in total. The van der Waals surface area contributed by atoms with Crippen LogP contribution in [0.3, 0.4) is 0 Å². The average molecular weight is 353 g/mol. The third kappa shape index (κ3) is 6.26. The first-order valence-electron chi connectivity index (χ1n) is 5.91. The van der Waals surface area contributed by atoms with Crippen LogP contribution in [0.1, 0.15) is 20.3 Å². The summed E-state index contributed by atoms with van der Waals surface area (Å²) >= 11 is 0. The van der Waals surface area contributed by atoms with Crippen LogP contribution in [0, 0.1) is 11.8 Å². The quantitative estimate of drug-likeness (QED) is 0.343. The van der Waals surface area contributed by atoms with Crippen LogP contribution in [0.5, 0.6) is 0 Å². The van der Waals surface area contributed by atoms with Crippen molar-refractivity contribution in [3.05, 3.63) is 12.7 Å². The summed E-state index contributed by atoms with van der Waals surface area (Å²) in [7, 11) is 0. The lowest BCUT2D eigenvalue weighted by Crippen LogP contribution is -2.37. The molecule has 1 saturated heterocycles. The molecule has 1 aliphatic rings. The standard InChI is InChI=1S/C12H23N3O.HI/c1-4-11-10(5-6-16-11)8-15-12(13)14-7-9(2)3;/h4,9-11H,1,5-8H2,2-3H3,(H3,13,14,15);1H/t10-,11-;/m0./s1. The van der Waals surface area contributed by atoms with Gasteiger partial charge in [0.25, 0.3) is 0 Å². The first-order chi connectivity index (χ1) is 7.63. The van der Waals surface area contributed by atoms with Gasteiger partial charge in [-0.1, -0.05) is 19.9 Å². The fraction of sp³-hybridized carbons (Fsp3) is 0.750. The summed E-state index contributed by atoms with van der Waals surface area (Å²) in [5, 5.41) is 3.14. The number of nitrogens with two attached hydrogens (primary N) is 1. The predicted octanol–water partition coefficient (Wildman–Crippen LogP) is 1.76. The highest BCUT2D eigenvalue weighted by Gasteiger charge is 2.25. The lowest BCUT2D eigenvalue weighted by atomic mass is 10.0. The molecule has 0 aliphatic carbocycles. The molecule has 17 heavy (non-hydrogen) atoms. The predicted molar refractivity (Wildman–Crippen MR) is 82.8 cm³/mol. The van der Waals surface area contributed by atoms with Crippen LogP contribution in [0.25, 0.3) is 0 Å². The summed E-state index contributed by atoms with van der Waals surface area (Å²) in [4.78, 5) is 4.25. The minimum absolute atomic E-state index is 0. The van der Waals surface area contributed by atoms with Crippen molar-refractivity contribution in [1.29, 1.82) is 0 Å². The number of hydrogen-bond donors (Lipinski definition) is 2. The van der Waals surface area contributed by atoms with E-state index in [0.717, 1.165) is 26.1 Å². The second-order valence-electron chi connectivity index (χ2n) is 4.62. The number of nitrogens with one attached hydrogen (secondary N) is 1. The van der Waals surface area contributed by atoms with E-state index in [1.807, 2.05) is 6.08 Å². The molecule has 1 fully saturated rings. The minimum Gasteiger partial charge on any atom is -0.374 e. The van der Waals surface area contributed by atoms with E-state index in [0.29, 0.717) is 17.8 Å². The van der Waals surface area contributed by atoms with Gasteiger partial charge in [0.05, 0.1) is 6.10 Å². The smallest absolute Gasteiger partial charge is 0.188 e. The summed E-state index contributed by atoms with van der Waals surface area (Å²) in [6, 6.07) is 0. The van der Waals surface area contributed by atoms with Gasteiger partial charge in [0.2, 0.25) is 0 Å². The van der Waals surface area contributed by atoms with Gasteiger partial charge in [-0.25, -0.2) is 0 Å². The van der Waals surface area contributed by atoms with Crippen molar-refractivity contribution >= 4 is 29.9 Å². The topological polar surface area (TPSA) is 59.6 Å². The van der Waals surface area contributed by atoms with E-state index < -0.39 is 0 Å². The average Bonchev–Trinajstić information content (AvgIpc) is 2.70. The molecule has 1 aliphatic heterocycles. The molecule has 0 amide bonds. The van der Waals surface area contributed by atoms with Crippen LogP contribution >= 0.6 is 24.0 Å². The molecule has 0 saturated carbocycles. The highest BCUT2D eigenvalue weighted by Crippen LogP contribution is 2.20. The van der Waals surface area contributed by atoms with Gasteiger partial charge in [0.1, 0.15) is 0 Å². The van der Waals surface area contributed by atoms with Crippen molar-refractivity contribution in [1.82, 2.24) is 5.32 Å². The summed E-state index contributed by atoms with van der Waals surface area (Å²) < 4.78 is 5.51. The summed E-state index contributed by atoms with van der Waals surface area (Å²) in [5.41, 5.74) is 5.76. The largest absolute Gasteiger partial charge is 0.374 e. The van der Waals surface area contributed by atoms with Gasteiger partial charge in [-0.15, -0.1) is 30.6 Å². The van der Waals surface area contributed by atoms with Crippen molar-refractivity contribution in [3.63, 3.8) is 0 Å². The second-order valence-corrected chi connectivity index (χ2v) is 4.62. The molecule has 0 aromatic carbocycles. The van der Waals surface area contributed by atoms with Gasteiger partial charge in [-0.2, -0.15) is 0 Å². The SMILES string of the molecule is C=C[C@@H]1OCC[C@H]1CNC(N)=NCC(C)C.I. The van der Waals surface area contributed by atoms with Crippen molar-refractivity contribution in [2.75, 3.05) is 19.7 Å². The first-order valence-corrected chi connectivity index (χ1v) is 5.91. The molecule has 100 valence electrons. The number of halogens is 1. The summed E-state index contributed by atoms with van der Waals surface area (Å²) in [6.07, 6.45) is 3.08. The Hall–Kier alpha value is -0.300. The van der Waals surface area contributed by atoms with Crippen LogP contribution in [0.15, 0.2) is 17.6 Å². The number of rotatable bonds is 5. The molecule has 0 unspecified atom stereocenters. The lowest BCUT2D eigenvalue weighted by Gasteiger charge is -2.15. The Bertz CT molecular complexity index is 256. The Morgan fingerprint density at radius 2 is 2.35 bits per heavy atom. The molecule has 0 radical (unpaired) electrons. The molecule has 1 rings (SSSR count). The minimum atomic E-state index is 0. The van der Waals surface area contributed by atoms with Crippen LogP contribution in [0.4, 0.5) is 0 Å². The maximum atomic E-state index is 5.76. The van der Waals surface area contributed by atoms with E-state index in [9.17, 15) is 0 Å². The third-order valence-electron chi connectivity index (χ3n) is 2.67. The molecule has 1 heterocycles. The van der Waals surface area contributed by atoms with Crippen LogP contribution in [-0.4, -0.2) is 31.8 Å². The Balaban J connectivity index is 0.00000256. The van der Waals surface area contributed by atoms with Gasteiger partial charge < -0.3 is 15.8 Å². The normalized spacial score (nSPS) is 24.5. The molecule has 0 aromatic heterocycles. The molecule has 0 spiro atoms. The number of ether oxygens (including phenoxy) is 1. The third-order valence-corrected chi connectivity index (χ3v) is 2.67. The maximum absolute atomic E-state index is 5.76. The zero-order valence-corrected chi connectivity index (χ0v) is 13.0. The Labute approximate surface area is 121 Å². The molecule has 4 nitrogen and oxygen atoms in total. The first kappa shape index (κ1) is 16.7. The second kappa shape index (κ2) is 8.74. The zero-order chi connectivity index (χ0) is 12.0. The molecular formula is C12H24IN3O. The Kier molecular flexibility index (Phi) is 8.59. The van der Waals surface area contributed by atoms with E-state index in [2.05, 4.69) is 30.7 Å². The number of guanidine groups is 1. The van der Waals surface area contributed by atoms with Gasteiger partial charge >= 0.3 is 0 Å². The molecular weight excluding hydrogens is 329 g/mol. The molecule has 0 bridgehead atoms. The van der Waals surface area contributed by atoms with Crippen molar-refractivity contribution in [2.24, 2.45) is 22.6 Å². The molecule has 0 aromatic rings. The maximum Gasteiger partial charge on any atom is 0.188 e. The lowest BCUT2D eigenvalue weighted by molar-refractivity contribution is 0.128. The van der Waals surface area contributed by atoms with Crippen LogP contribution < -0.4 is 11.1 Å². The fourth-order valence-electron chi connectivity index (χ4n) is 1.71. The zero-order valence-electron chi connectivity index (χ0n) is 10.7. The Morgan fingerprint density at radius 3 is 2.94 bits per heavy atom. The van der Waals surface area contributed by atoms with E-state index in [4.69, 9.17) is 10.5 Å². The Morgan fingerprint density at radius 1 is 1.65 bits per heavy atom. The van der Waals surface area contributed by atoms with Gasteiger partial charge in [0.15, 0.2) is 5.96 Å². The van der Waals surface area contributed by atoms with Crippen molar-refractivity contribution in [2.45, 2.75) is 26.4 Å². The van der Waals surface area contributed by atoms with Crippen LogP contribution in [0.2, 0.25) is 0 Å². The van der Waals surface area contributed by atoms with Gasteiger partial charge in [-0.3, -0.25) is 4.99 Å². The molecule has 2 atom stereocenters. The highest BCUT2D eigenvalue weighted by atomic mass is 127.